The topological polar surface area (TPSA) is 105 Å². The van der Waals surface area contributed by atoms with E-state index in [0.29, 0.717) is 42.1 Å². The maximum atomic E-state index is 13.5. The van der Waals surface area contributed by atoms with Crippen LogP contribution in [0, 0.1) is 26.7 Å². The first-order valence-electron chi connectivity index (χ1n) is 11.1. The van der Waals surface area contributed by atoms with Crippen LogP contribution < -0.4 is 15.4 Å². The highest BCUT2D eigenvalue weighted by Crippen LogP contribution is 2.36. The zero-order valence-electron chi connectivity index (χ0n) is 19.3. The van der Waals surface area contributed by atoms with Gasteiger partial charge >= 0.3 is 0 Å². The molecule has 2 atom stereocenters. The fourth-order valence-electron chi connectivity index (χ4n) is 4.20. The van der Waals surface area contributed by atoms with Gasteiger partial charge in [0, 0.05) is 24.8 Å². The van der Waals surface area contributed by atoms with Crippen LogP contribution in [-0.2, 0) is 19.6 Å². The Balaban J connectivity index is 1.54. The molecule has 2 aromatic carbocycles. The number of ether oxygens (including phenoxy) is 1. The van der Waals surface area contributed by atoms with E-state index in [1.54, 1.807) is 19.9 Å². The molecule has 2 aromatic rings. The number of hydrogen-bond acceptors (Lipinski definition) is 5. The molecule has 0 aromatic heterocycles. The molecule has 2 N–H and O–H groups in total. The summed E-state index contributed by atoms with van der Waals surface area (Å²) in [6.07, 6.45) is 0.514. The second-order valence-electron chi connectivity index (χ2n) is 8.85. The van der Waals surface area contributed by atoms with Crippen LogP contribution >= 0.6 is 0 Å². The molecule has 0 spiro atoms. The summed E-state index contributed by atoms with van der Waals surface area (Å²) in [6.45, 7) is 7.74. The third-order valence-corrected chi connectivity index (χ3v) is 8.36. The summed E-state index contributed by atoms with van der Waals surface area (Å²) >= 11 is 0. The monoisotopic (exact) mass is 471 g/mol. The van der Waals surface area contributed by atoms with E-state index < -0.39 is 22.0 Å². The van der Waals surface area contributed by atoms with Gasteiger partial charge in [0.2, 0.25) is 15.9 Å². The first-order chi connectivity index (χ1) is 15.6. The molecule has 176 valence electrons. The summed E-state index contributed by atoms with van der Waals surface area (Å²) in [5.74, 6) is -0.567. The van der Waals surface area contributed by atoms with Crippen molar-refractivity contribution >= 4 is 33.2 Å². The van der Waals surface area contributed by atoms with Crippen molar-refractivity contribution in [3.63, 3.8) is 0 Å². The third-order valence-electron chi connectivity index (χ3n) is 6.36. The summed E-state index contributed by atoms with van der Waals surface area (Å²) in [5, 5.41) is 5.67. The Labute approximate surface area is 194 Å². The zero-order valence-corrected chi connectivity index (χ0v) is 20.1. The molecule has 2 aliphatic rings. The average Bonchev–Trinajstić information content (AvgIpc) is 2.77. The van der Waals surface area contributed by atoms with Crippen molar-refractivity contribution < 1.29 is 22.7 Å². The molecular formula is C24H29N3O5S. The number of carbonyl (C=O) groups is 2. The number of sulfonamides is 1. The van der Waals surface area contributed by atoms with Crippen molar-refractivity contribution in [2.45, 2.75) is 51.5 Å². The molecule has 2 heterocycles. The van der Waals surface area contributed by atoms with E-state index in [1.807, 2.05) is 32.0 Å². The molecule has 0 saturated carbocycles. The van der Waals surface area contributed by atoms with Crippen LogP contribution in [0.4, 0.5) is 11.4 Å². The van der Waals surface area contributed by atoms with Gasteiger partial charge < -0.3 is 15.4 Å². The lowest BCUT2D eigenvalue weighted by molar-refractivity contribution is -0.123. The summed E-state index contributed by atoms with van der Waals surface area (Å²) in [5.41, 5.74) is 3.90. The molecule has 2 aliphatic heterocycles. The van der Waals surface area contributed by atoms with Gasteiger partial charge in [0.1, 0.15) is 5.75 Å². The minimum absolute atomic E-state index is 0.115. The number of piperidine rings is 1. The predicted octanol–water partition coefficient (Wildman–Crippen LogP) is 3.37. The van der Waals surface area contributed by atoms with Crippen molar-refractivity contribution in [2.24, 2.45) is 5.92 Å². The molecule has 1 saturated heterocycles. The van der Waals surface area contributed by atoms with Crippen LogP contribution in [0.2, 0.25) is 0 Å². The molecule has 8 nitrogen and oxygen atoms in total. The van der Waals surface area contributed by atoms with Crippen LogP contribution in [0.1, 0.15) is 36.5 Å². The highest BCUT2D eigenvalue weighted by Gasteiger charge is 2.35. The normalized spacial score (nSPS) is 21.0. The number of rotatable bonds is 4. The minimum atomic E-state index is -3.85. The summed E-state index contributed by atoms with van der Waals surface area (Å²) in [4.78, 5) is 24.9. The van der Waals surface area contributed by atoms with Gasteiger partial charge in [0.05, 0.1) is 16.5 Å². The Morgan fingerprint density at radius 1 is 1.12 bits per heavy atom. The molecule has 33 heavy (non-hydrogen) atoms. The maximum absolute atomic E-state index is 13.5. The number of amides is 2. The highest BCUT2D eigenvalue weighted by atomic mass is 32.2. The molecule has 1 fully saturated rings. The molecule has 0 bridgehead atoms. The molecule has 0 radical (unpaired) electrons. The molecule has 4 rings (SSSR count). The zero-order chi connectivity index (χ0) is 23.9. The van der Waals surface area contributed by atoms with E-state index in [-0.39, 0.29) is 23.3 Å². The SMILES string of the molecule is Cc1ccc(NC(=O)[C@H]2CCCN(S(=O)(=O)c3cc4c(cc3C)NC(=O)[C@@H](C)O4)C2)cc1C. The fraction of sp³-hybridized carbons (Fsp3) is 0.417. The molecule has 9 heteroatoms. The maximum Gasteiger partial charge on any atom is 0.265 e. The Hall–Kier alpha value is -2.91. The van der Waals surface area contributed by atoms with Gasteiger partial charge in [0.25, 0.3) is 5.91 Å². The standard InChI is InChI=1S/C24H29N3O5S/c1-14-7-8-19(10-15(14)2)25-24(29)18-6-5-9-27(13-18)33(30,31)22-12-21-20(11-16(22)3)26-23(28)17(4)32-21/h7-8,10-12,17-18H,5-6,9,13H2,1-4H3,(H,25,29)(H,26,28)/t17-,18+/m1/s1. The molecule has 0 aliphatic carbocycles. The van der Waals surface area contributed by atoms with Gasteiger partial charge in [-0.3, -0.25) is 9.59 Å². The number of nitrogens with zero attached hydrogens (tertiary/aromatic N) is 1. The Kier molecular flexibility index (Phi) is 6.20. The first-order valence-corrected chi connectivity index (χ1v) is 12.5. The number of anilines is 2. The first kappa shape index (κ1) is 23.3. The van der Waals surface area contributed by atoms with E-state index in [0.717, 1.165) is 11.1 Å². The van der Waals surface area contributed by atoms with Crippen LogP contribution in [0.5, 0.6) is 5.75 Å². The van der Waals surface area contributed by atoms with Crippen LogP contribution in [0.25, 0.3) is 0 Å². The highest BCUT2D eigenvalue weighted by molar-refractivity contribution is 7.89. The lowest BCUT2D eigenvalue weighted by Gasteiger charge is -2.32. The van der Waals surface area contributed by atoms with Crippen LogP contribution in [0.3, 0.4) is 0 Å². The van der Waals surface area contributed by atoms with E-state index in [1.165, 1.54) is 10.4 Å². The van der Waals surface area contributed by atoms with Gasteiger partial charge in [-0.2, -0.15) is 4.31 Å². The number of nitrogens with one attached hydrogen (secondary N) is 2. The van der Waals surface area contributed by atoms with E-state index in [9.17, 15) is 18.0 Å². The lowest BCUT2D eigenvalue weighted by atomic mass is 9.98. The van der Waals surface area contributed by atoms with Crippen molar-refractivity contribution in [2.75, 3.05) is 23.7 Å². The fourth-order valence-corrected chi connectivity index (χ4v) is 5.94. The second-order valence-corrected chi connectivity index (χ2v) is 10.8. The lowest BCUT2D eigenvalue weighted by Crippen LogP contribution is -2.44. The van der Waals surface area contributed by atoms with E-state index in [2.05, 4.69) is 10.6 Å². The van der Waals surface area contributed by atoms with E-state index >= 15 is 0 Å². The van der Waals surface area contributed by atoms with E-state index in [4.69, 9.17) is 4.74 Å². The quantitative estimate of drug-likeness (QED) is 0.711. The second kappa shape index (κ2) is 8.79. The average molecular weight is 472 g/mol. The van der Waals surface area contributed by atoms with Gasteiger partial charge in [-0.1, -0.05) is 6.07 Å². The summed E-state index contributed by atoms with van der Waals surface area (Å²) in [6, 6.07) is 8.80. The third kappa shape index (κ3) is 4.60. The smallest absolute Gasteiger partial charge is 0.265 e. The van der Waals surface area contributed by atoms with Gasteiger partial charge in [-0.15, -0.1) is 0 Å². The largest absolute Gasteiger partial charge is 0.479 e. The number of hydrogen-bond donors (Lipinski definition) is 2. The van der Waals surface area contributed by atoms with Gasteiger partial charge in [0.15, 0.2) is 6.10 Å². The summed E-state index contributed by atoms with van der Waals surface area (Å²) < 4.78 is 34.0. The molecule has 0 unspecified atom stereocenters. The van der Waals surface area contributed by atoms with Crippen molar-refractivity contribution in [1.29, 1.82) is 0 Å². The number of fused-ring (bicyclic) bond motifs is 1. The van der Waals surface area contributed by atoms with Crippen molar-refractivity contribution in [3.8, 4) is 5.75 Å². The van der Waals surface area contributed by atoms with Crippen molar-refractivity contribution in [1.82, 2.24) is 4.31 Å². The molecule has 2 amide bonds. The van der Waals surface area contributed by atoms with Gasteiger partial charge in [-0.05, 0) is 75.4 Å². The number of carbonyl (C=O) groups excluding carboxylic acids is 2. The molecular weight excluding hydrogens is 442 g/mol. The number of aryl methyl sites for hydroxylation is 3. The number of benzene rings is 2. The van der Waals surface area contributed by atoms with Crippen LogP contribution in [-0.4, -0.2) is 43.7 Å². The minimum Gasteiger partial charge on any atom is -0.479 e. The Bertz CT molecular complexity index is 1220. The van der Waals surface area contributed by atoms with Gasteiger partial charge in [-0.25, -0.2) is 8.42 Å². The Morgan fingerprint density at radius 2 is 1.88 bits per heavy atom. The van der Waals surface area contributed by atoms with Crippen molar-refractivity contribution in [3.05, 3.63) is 47.0 Å². The predicted molar refractivity (Wildman–Crippen MR) is 126 cm³/mol. The van der Waals surface area contributed by atoms with Crippen LogP contribution in [0.15, 0.2) is 35.2 Å². The summed E-state index contributed by atoms with van der Waals surface area (Å²) in [7, 11) is -3.85. The Morgan fingerprint density at radius 3 is 2.61 bits per heavy atom.